The van der Waals surface area contributed by atoms with Gasteiger partial charge in [0.25, 0.3) is 11.8 Å². The zero-order valence-corrected chi connectivity index (χ0v) is 17.1. The molecule has 0 atom stereocenters. The number of halogens is 1. The predicted octanol–water partition coefficient (Wildman–Crippen LogP) is 4.25. The molecule has 0 aliphatic carbocycles. The Morgan fingerprint density at radius 1 is 1.07 bits per heavy atom. The maximum absolute atomic E-state index is 13.0. The van der Waals surface area contributed by atoms with Gasteiger partial charge in [-0.2, -0.15) is 0 Å². The normalized spacial score (nSPS) is 14.0. The topological polar surface area (TPSA) is 75.7 Å². The standard InChI is InChI=1S/C22H21ClN2O4/c1-4-14-9-11-15(12-10-14)24-19-18(23)20(26)25(21(19)27)17-8-6-5-7-16(17)22(28)29-13(2)3/h5-13,24H,4H2,1-3H3. The second-order valence-corrected chi connectivity index (χ2v) is 7.16. The number of aryl methyl sites for hydroxylation is 1. The molecule has 0 saturated carbocycles. The van der Waals surface area contributed by atoms with Gasteiger partial charge in [0.15, 0.2) is 0 Å². The number of ether oxygens (including phenoxy) is 1. The highest BCUT2D eigenvalue weighted by Crippen LogP contribution is 2.32. The number of carbonyl (C=O) groups is 3. The number of hydrogen-bond donors (Lipinski definition) is 1. The van der Waals surface area contributed by atoms with Crippen molar-refractivity contribution in [1.29, 1.82) is 0 Å². The summed E-state index contributed by atoms with van der Waals surface area (Å²) in [5.74, 6) is -1.96. The molecule has 29 heavy (non-hydrogen) atoms. The van der Waals surface area contributed by atoms with Gasteiger partial charge < -0.3 is 10.1 Å². The first kappa shape index (κ1) is 20.6. The van der Waals surface area contributed by atoms with E-state index in [1.54, 1.807) is 26.0 Å². The monoisotopic (exact) mass is 412 g/mol. The van der Waals surface area contributed by atoms with Gasteiger partial charge in [0.1, 0.15) is 10.7 Å². The molecular formula is C22H21ClN2O4. The van der Waals surface area contributed by atoms with Crippen molar-refractivity contribution in [3.63, 3.8) is 0 Å². The minimum Gasteiger partial charge on any atom is -0.459 e. The Kier molecular flexibility index (Phi) is 6.03. The van der Waals surface area contributed by atoms with E-state index in [0.29, 0.717) is 5.69 Å². The largest absolute Gasteiger partial charge is 0.459 e. The van der Waals surface area contributed by atoms with Crippen molar-refractivity contribution in [1.82, 2.24) is 0 Å². The minimum atomic E-state index is -0.700. The zero-order valence-electron chi connectivity index (χ0n) is 16.4. The molecule has 1 N–H and O–H groups in total. The Morgan fingerprint density at radius 2 is 1.72 bits per heavy atom. The summed E-state index contributed by atoms with van der Waals surface area (Å²) in [6.07, 6.45) is 0.545. The number of nitrogens with one attached hydrogen (secondary N) is 1. The van der Waals surface area contributed by atoms with Crippen LogP contribution < -0.4 is 10.2 Å². The van der Waals surface area contributed by atoms with Gasteiger partial charge in [0.2, 0.25) is 0 Å². The molecule has 0 aromatic heterocycles. The summed E-state index contributed by atoms with van der Waals surface area (Å²) in [6, 6.07) is 13.7. The van der Waals surface area contributed by atoms with Crippen LogP contribution in [0.5, 0.6) is 0 Å². The van der Waals surface area contributed by atoms with E-state index in [0.717, 1.165) is 16.9 Å². The van der Waals surface area contributed by atoms with Crippen LogP contribution in [-0.4, -0.2) is 23.9 Å². The molecule has 0 unspecified atom stereocenters. The van der Waals surface area contributed by atoms with E-state index in [1.165, 1.54) is 12.1 Å². The van der Waals surface area contributed by atoms with E-state index in [9.17, 15) is 14.4 Å². The summed E-state index contributed by atoms with van der Waals surface area (Å²) >= 11 is 6.18. The van der Waals surface area contributed by atoms with Crippen molar-refractivity contribution in [2.45, 2.75) is 33.3 Å². The Morgan fingerprint density at radius 3 is 2.34 bits per heavy atom. The molecule has 2 amide bonds. The fourth-order valence-electron chi connectivity index (χ4n) is 2.92. The van der Waals surface area contributed by atoms with Crippen molar-refractivity contribution in [3.05, 3.63) is 70.4 Å². The molecule has 0 spiro atoms. The van der Waals surface area contributed by atoms with E-state index in [2.05, 4.69) is 5.32 Å². The Hall–Kier alpha value is -3.12. The van der Waals surface area contributed by atoms with Crippen LogP contribution in [0.1, 0.15) is 36.7 Å². The Balaban J connectivity index is 1.91. The molecule has 0 radical (unpaired) electrons. The smallest absolute Gasteiger partial charge is 0.340 e. The average molecular weight is 413 g/mol. The molecule has 0 saturated heterocycles. The Bertz CT molecular complexity index is 996. The third kappa shape index (κ3) is 4.17. The first-order valence-electron chi connectivity index (χ1n) is 9.28. The molecule has 2 aromatic rings. The molecule has 1 aliphatic rings. The highest BCUT2D eigenvalue weighted by Gasteiger charge is 2.40. The van der Waals surface area contributed by atoms with Crippen LogP contribution in [0, 0.1) is 0 Å². The fourth-order valence-corrected chi connectivity index (χ4v) is 3.13. The van der Waals surface area contributed by atoms with Crippen LogP contribution >= 0.6 is 11.6 Å². The van der Waals surface area contributed by atoms with Crippen LogP contribution in [0.15, 0.2) is 59.3 Å². The summed E-state index contributed by atoms with van der Waals surface area (Å²) in [7, 11) is 0. The van der Waals surface area contributed by atoms with Crippen LogP contribution in [-0.2, 0) is 20.7 Å². The molecule has 7 heteroatoms. The average Bonchev–Trinajstić information content (AvgIpc) is 2.91. The molecular weight excluding hydrogens is 392 g/mol. The molecule has 1 heterocycles. The highest BCUT2D eigenvalue weighted by atomic mass is 35.5. The third-order valence-corrected chi connectivity index (χ3v) is 4.72. The summed E-state index contributed by atoms with van der Waals surface area (Å²) in [5.41, 5.74) is 1.98. The molecule has 0 bridgehead atoms. The summed E-state index contributed by atoms with van der Waals surface area (Å²) in [6.45, 7) is 5.48. The number of amides is 2. The maximum atomic E-state index is 13.0. The lowest BCUT2D eigenvalue weighted by molar-refractivity contribution is -0.120. The summed E-state index contributed by atoms with van der Waals surface area (Å²) < 4.78 is 5.23. The Labute approximate surface area is 174 Å². The van der Waals surface area contributed by atoms with Crippen molar-refractivity contribution in [2.75, 3.05) is 10.2 Å². The van der Waals surface area contributed by atoms with Gasteiger partial charge in [-0.15, -0.1) is 0 Å². The second kappa shape index (κ2) is 8.49. The van der Waals surface area contributed by atoms with Gasteiger partial charge >= 0.3 is 5.97 Å². The van der Waals surface area contributed by atoms with Crippen molar-refractivity contribution < 1.29 is 19.1 Å². The summed E-state index contributed by atoms with van der Waals surface area (Å²) in [4.78, 5) is 39.1. The highest BCUT2D eigenvalue weighted by molar-refractivity contribution is 6.53. The SMILES string of the molecule is CCc1ccc(NC2=C(Cl)C(=O)N(c3ccccc3C(=O)OC(C)C)C2=O)cc1. The molecule has 3 rings (SSSR count). The zero-order chi connectivity index (χ0) is 21.1. The molecule has 0 fully saturated rings. The number of rotatable bonds is 6. The van der Waals surface area contributed by atoms with Crippen LogP contribution in [0.2, 0.25) is 0 Å². The first-order chi connectivity index (χ1) is 13.8. The van der Waals surface area contributed by atoms with Crippen molar-refractivity contribution >= 4 is 40.8 Å². The van der Waals surface area contributed by atoms with Crippen LogP contribution in [0.4, 0.5) is 11.4 Å². The number of carbonyl (C=O) groups excluding carboxylic acids is 3. The van der Waals surface area contributed by atoms with E-state index >= 15 is 0 Å². The van der Waals surface area contributed by atoms with Gasteiger partial charge in [-0.25, -0.2) is 9.69 Å². The number of nitrogens with zero attached hydrogens (tertiary/aromatic N) is 1. The van der Waals surface area contributed by atoms with Crippen molar-refractivity contribution in [2.24, 2.45) is 0 Å². The van der Waals surface area contributed by atoms with Gasteiger partial charge in [0, 0.05) is 5.69 Å². The third-order valence-electron chi connectivity index (χ3n) is 4.37. The second-order valence-electron chi connectivity index (χ2n) is 6.78. The van der Waals surface area contributed by atoms with E-state index in [-0.39, 0.29) is 28.1 Å². The van der Waals surface area contributed by atoms with Gasteiger partial charge in [-0.3, -0.25) is 9.59 Å². The molecule has 150 valence electrons. The molecule has 2 aromatic carbocycles. The molecule has 1 aliphatic heterocycles. The minimum absolute atomic E-state index is 0.0343. The summed E-state index contributed by atoms with van der Waals surface area (Å²) in [5, 5.41) is 2.69. The van der Waals surface area contributed by atoms with Gasteiger partial charge in [0.05, 0.1) is 17.4 Å². The van der Waals surface area contributed by atoms with Crippen LogP contribution in [0.25, 0.3) is 0 Å². The van der Waals surface area contributed by atoms with E-state index < -0.39 is 17.8 Å². The van der Waals surface area contributed by atoms with Gasteiger partial charge in [-0.05, 0) is 50.1 Å². The number of esters is 1. The van der Waals surface area contributed by atoms with E-state index in [1.807, 2.05) is 31.2 Å². The number of para-hydroxylation sites is 1. The van der Waals surface area contributed by atoms with Crippen LogP contribution in [0.3, 0.4) is 0 Å². The predicted molar refractivity (Wildman–Crippen MR) is 112 cm³/mol. The number of benzene rings is 2. The lowest BCUT2D eigenvalue weighted by Gasteiger charge is -2.19. The van der Waals surface area contributed by atoms with Crippen molar-refractivity contribution in [3.8, 4) is 0 Å². The van der Waals surface area contributed by atoms with Gasteiger partial charge in [-0.1, -0.05) is 42.8 Å². The maximum Gasteiger partial charge on any atom is 0.340 e. The lowest BCUT2D eigenvalue weighted by atomic mass is 10.1. The fraction of sp³-hybridized carbons (Fsp3) is 0.227. The number of hydrogen-bond acceptors (Lipinski definition) is 5. The van der Waals surface area contributed by atoms with E-state index in [4.69, 9.17) is 16.3 Å². The number of imide groups is 1. The lowest BCUT2D eigenvalue weighted by Crippen LogP contribution is -2.33. The quantitative estimate of drug-likeness (QED) is 0.567. The first-order valence-corrected chi connectivity index (χ1v) is 9.65. The number of anilines is 2. The molecule has 6 nitrogen and oxygen atoms in total.